The molecule has 0 radical (unpaired) electrons. The Morgan fingerprint density at radius 1 is 1.00 bits per heavy atom. The summed E-state index contributed by atoms with van der Waals surface area (Å²) in [5.41, 5.74) is 11.6. The highest BCUT2D eigenvalue weighted by molar-refractivity contribution is 6.29. The zero-order valence-electron chi connectivity index (χ0n) is 13.3. The number of unbranched alkanes of at least 4 members (excludes halogenated alkanes) is 2. The molecule has 0 aliphatic heterocycles. The van der Waals surface area contributed by atoms with Gasteiger partial charge in [0.1, 0.15) is 0 Å². The standard InChI is InChI=1S/C13H28N8/c1-4-6-8-20(12(14)15)18-10-11(3)19-21(13(16)17)9-7-5-2/h10H,4-9H2,1-3H3,(H3,14,15)(H3,16,17)/b18-10-,19-11-. The van der Waals surface area contributed by atoms with Crippen LogP contribution in [0, 0.1) is 10.8 Å². The summed E-state index contributed by atoms with van der Waals surface area (Å²) in [4.78, 5) is 0. The van der Waals surface area contributed by atoms with Crippen LogP contribution in [0.15, 0.2) is 10.2 Å². The number of hydrogen-bond acceptors (Lipinski definition) is 4. The molecular formula is C13H28N8. The van der Waals surface area contributed by atoms with Gasteiger partial charge < -0.3 is 11.5 Å². The molecule has 0 aromatic carbocycles. The first-order chi connectivity index (χ1) is 9.92. The van der Waals surface area contributed by atoms with Crippen molar-refractivity contribution in [1.29, 1.82) is 10.8 Å². The normalized spacial score (nSPS) is 11.7. The maximum absolute atomic E-state index is 7.49. The predicted octanol–water partition coefficient (Wildman–Crippen LogP) is 1.34. The molecule has 0 fully saturated rings. The molecule has 8 nitrogen and oxygen atoms in total. The molecule has 0 saturated carbocycles. The first-order valence-corrected chi connectivity index (χ1v) is 7.24. The average molecular weight is 296 g/mol. The second-order valence-corrected chi connectivity index (χ2v) is 4.71. The fourth-order valence-electron chi connectivity index (χ4n) is 1.45. The molecular weight excluding hydrogens is 268 g/mol. The van der Waals surface area contributed by atoms with E-state index in [1.165, 1.54) is 16.2 Å². The van der Waals surface area contributed by atoms with Crippen LogP contribution in [0.1, 0.15) is 46.5 Å². The van der Waals surface area contributed by atoms with Crippen LogP contribution in [0.3, 0.4) is 0 Å². The van der Waals surface area contributed by atoms with E-state index in [9.17, 15) is 0 Å². The van der Waals surface area contributed by atoms with Crippen molar-refractivity contribution >= 4 is 23.8 Å². The smallest absolute Gasteiger partial charge is 0.209 e. The maximum Gasteiger partial charge on any atom is 0.209 e. The SMILES string of the molecule is CCCCN(/N=C\C(C)=N/N(CCCC)C(=N)N)C(=N)N. The fourth-order valence-corrected chi connectivity index (χ4v) is 1.45. The minimum absolute atomic E-state index is 0.0920. The number of guanidine groups is 2. The second kappa shape index (κ2) is 10.6. The second-order valence-electron chi connectivity index (χ2n) is 4.71. The molecule has 0 aromatic heterocycles. The van der Waals surface area contributed by atoms with Crippen LogP contribution < -0.4 is 11.5 Å². The number of nitrogens with zero attached hydrogens (tertiary/aromatic N) is 4. The Balaban J connectivity index is 4.75. The van der Waals surface area contributed by atoms with E-state index in [4.69, 9.17) is 22.3 Å². The third-order valence-electron chi connectivity index (χ3n) is 2.67. The van der Waals surface area contributed by atoms with Crippen LogP contribution in [0.4, 0.5) is 0 Å². The van der Waals surface area contributed by atoms with Crippen molar-refractivity contribution in [3.8, 4) is 0 Å². The number of hydrazone groups is 2. The van der Waals surface area contributed by atoms with E-state index in [2.05, 4.69) is 24.1 Å². The molecule has 0 aliphatic carbocycles. The van der Waals surface area contributed by atoms with Crippen molar-refractivity contribution in [3.05, 3.63) is 0 Å². The lowest BCUT2D eigenvalue weighted by Gasteiger charge is -2.17. The summed E-state index contributed by atoms with van der Waals surface area (Å²) in [7, 11) is 0. The van der Waals surface area contributed by atoms with Crippen molar-refractivity contribution in [2.24, 2.45) is 21.7 Å². The highest BCUT2D eigenvalue weighted by Gasteiger charge is 2.05. The molecule has 0 spiro atoms. The summed E-state index contributed by atoms with van der Waals surface area (Å²) < 4.78 is 0. The Hall–Kier alpha value is -2.12. The van der Waals surface area contributed by atoms with Gasteiger partial charge in [-0.25, -0.2) is 10.0 Å². The summed E-state index contributed by atoms with van der Waals surface area (Å²) >= 11 is 0. The Labute approximate surface area is 126 Å². The van der Waals surface area contributed by atoms with Gasteiger partial charge >= 0.3 is 0 Å². The monoisotopic (exact) mass is 296 g/mol. The lowest BCUT2D eigenvalue weighted by atomic mass is 10.3. The van der Waals surface area contributed by atoms with E-state index >= 15 is 0 Å². The van der Waals surface area contributed by atoms with Crippen LogP contribution in [0.5, 0.6) is 0 Å². The van der Waals surface area contributed by atoms with Gasteiger partial charge in [-0.15, -0.1) is 0 Å². The van der Waals surface area contributed by atoms with E-state index in [1.54, 1.807) is 6.92 Å². The van der Waals surface area contributed by atoms with Crippen LogP contribution in [-0.4, -0.2) is 47.0 Å². The van der Waals surface area contributed by atoms with Crippen molar-refractivity contribution in [2.75, 3.05) is 13.1 Å². The summed E-state index contributed by atoms with van der Waals surface area (Å²) in [5.74, 6) is -0.187. The van der Waals surface area contributed by atoms with Gasteiger partial charge in [0.2, 0.25) is 11.9 Å². The van der Waals surface area contributed by atoms with Gasteiger partial charge in [0.25, 0.3) is 0 Å². The number of rotatable bonds is 9. The van der Waals surface area contributed by atoms with Gasteiger partial charge in [-0.3, -0.25) is 10.8 Å². The highest BCUT2D eigenvalue weighted by Crippen LogP contribution is 1.97. The molecule has 21 heavy (non-hydrogen) atoms. The third kappa shape index (κ3) is 8.61. The van der Waals surface area contributed by atoms with Gasteiger partial charge in [0.15, 0.2) is 0 Å². The van der Waals surface area contributed by atoms with Crippen molar-refractivity contribution in [2.45, 2.75) is 46.5 Å². The molecule has 0 rings (SSSR count). The molecule has 0 amide bonds. The summed E-state index contributed by atoms with van der Waals surface area (Å²) in [6.07, 6.45) is 5.34. The van der Waals surface area contributed by atoms with E-state index in [0.29, 0.717) is 18.8 Å². The summed E-state index contributed by atoms with van der Waals surface area (Å²) in [6, 6.07) is 0. The van der Waals surface area contributed by atoms with E-state index in [-0.39, 0.29) is 11.9 Å². The molecule has 0 bridgehead atoms. The molecule has 0 saturated heterocycles. The minimum Gasteiger partial charge on any atom is -0.369 e. The molecule has 6 N–H and O–H groups in total. The molecule has 8 heteroatoms. The van der Waals surface area contributed by atoms with E-state index < -0.39 is 0 Å². The summed E-state index contributed by atoms with van der Waals surface area (Å²) in [6.45, 7) is 7.09. The van der Waals surface area contributed by atoms with E-state index in [0.717, 1.165) is 25.7 Å². The number of nitrogens with two attached hydrogens (primary N) is 2. The maximum atomic E-state index is 7.49. The lowest BCUT2D eigenvalue weighted by Crippen LogP contribution is -2.34. The van der Waals surface area contributed by atoms with Crippen LogP contribution in [0.25, 0.3) is 0 Å². The number of nitrogens with one attached hydrogen (secondary N) is 2. The lowest BCUT2D eigenvalue weighted by molar-refractivity contribution is 0.422. The van der Waals surface area contributed by atoms with Gasteiger partial charge in [-0.1, -0.05) is 26.7 Å². The Morgan fingerprint density at radius 3 is 1.90 bits per heavy atom. The van der Waals surface area contributed by atoms with Gasteiger partial charge in [-0.2, -0.15) is 10.2 Å². The molecule has 0 aromatic rings. The molecule has 120 valence electrons. The first kappa shape index (κ1) is 18.9. The van der Waals surface area contributed by atoms with Crippen molar-refractivity contribution in [3.63, 3.8) is 0 Å². The highest BCUT2D eigenvalue weighted by atomic mass is 15.5. The van der Waals surface area contributed by atoms with Crippen molar-refractivity contribution < 1.29 is 0 Å². The Morgan fingerprint density at radius 2 is 1.48 bits per heavy atom. The zero-order valence-corrected chi connectivity index (χ0v) is 13.3. The largest absolute Gasteiger partial charge is 0.369 e. The fraction of sp³-hybridized carbons (Fsp3) is 0.692. The minimum atomic E-state index is -0.0955. The van der Waals surface area contributed by atoms with Gasteiger partial charge in [0.05, 0.1) is 11.9 Å². The first-order valence-electron chi connectivity index (χ1n) is 7.24. The van der Waals surface area contributed by atoms with Gasteiger partial charge in [0, 0.05) is 13.1 Å². The molecule has 0 unspecified atom stereocenters. The quantitative estimate of drug-likeness (QED) is 0.290. The van der Waals surface area contributed by atoms with Gasteiger partial charge in [-0.05, 0) is 19.8 Å². The van der Waals surface area contributed by atoms with E-state index in [1.807, 2.05) is 0 Å². The Bertz CT molecular complexity index is 388. The van der Waals surface area contributed by atoms with Crippen LogP contribution in [-0.2, 0) is 0 Å². The van der Waals surface area contributed by atoms with Crippen LogP contribution in [0.2, 0.25) is 0 Å². The third-order valence-corrected chi connectivity index (χ3v) is 2.67. The molecule has 0 heterocycles. The predicted molar refractivity (Wildman–Crippen MR) is 88.7 cm³/mol. The summed E-state index contributed by atoms with van der Waals surface area (Å²) in [5, 5.41) is 26.2. The van der Waals surface area contributed by atoms with Crippen molar-refractivity contribution in [1.82, 2.24) is 10.0 Å². The number of hydrogen-bond donors (Lipinski definition) is 4. The molecule has 0 atom stereocenters. The molecule has 0 aliphatic rings. The topological polar surface area (TPSA) is 131 Å². The van der Waals surface area contributed by atoms with Crippen LogP contribution >= 0.6 is 0 Å². The Kier molecular flexibility index (Phi) is 9.57. The zero-order chi connectivity index (χ0) is 16.3. The average Bonchev–Trinajstić information content (AvgIpc) is 2.42.